The Labute approximate surface area is 157 Å². The molecule has 2 atom stereocenters. The zero-order valence-electron chi connectivity index (χ0n) is 15.1. The van der Waals surface area contributed by atoms with Gasteiger partial charge >= 0.3 is 0 Å². The van der Waals surface area contributed by atoms with Crippen LogP contribution >= 0.6 is 0 Å². The third kappa shape index (κ3) is 2.33. The lowest BCUT2D eigenvalue weighted by molar-refractivity contribution is -0.121. The van der Waals surface area contributed by atoms with Crippen LogP contribution in [0.5, 0.6) is 5.75 Å². The Bertz CT molecular complexity index is 1030. The van der Waals surface area contributed by atoms with Crippen molar-refractivity contribution in [2.45, 2.75) is 25.2 Å². The lowest BCUT2D eigenvalue weighted by Gasteiger charge is -2.34. The molecule has 1 unspecified atom stereocenters. The summed E-state index contributed by atoms with van der Waals surface area (Å²) in [6.45, 7) is 0. The van der Waals surface area contributed by atoms with Gasteiger partial charge in [-0.05, 0) is 30.5 Å². The van der Waals surface area contributed by atoms with Crippen molar-refractivity contribution >= 4 is 23.0 Å². The Morgan fingerprint density at radius 2 is 1.67 bits per heavy atom. The number of hydrogen-bond acceptors (Lipinski definition) is 4. The summed E-state index contributed by atoms with van der Waals surface area (Å²) in [7, 11) is 1.63. The fourth-order valence-corrected chi connectivity index (χ4v) is 4.62. The van der Waals surface area contributed by atoms with Gasteiger partial charge in [-0.15, -0.1) is 0 Å². The van der Waals surface area contributed by atoms with E-state index in [-0.39, 0.29) is 23.4 Å². The van der Waals surface area contributed by atoms with E-state index in [0.29, 0.717) is 17.6 Å². The highest BCUT2D eigenvalue weighted by molar-refractivity contribution is 6.25. The number of rotatable bonds is 2. The number of aliphatic imine (C=N–C) groups is 1. The second-order valence-corrected chi connectivity index (χ2v) is 7.29. The number of nitrogens with zero attached hydrogens (tertiary/aromatic N) is 1. The highest BCUT2D eigenvalue weighted by atomic mass is 16.5. The van der Waals surface area contributed by atoms with E-state index in [4.69, 9.17) is 9.73 Å². The molecule has 2 aromatic rings. The molecule has 0 bridgehead atoms. The van der Waals surface area contributed by atoms with Gasteiger partial charge in [-0.2, -0.15) is 0 Å². The number of ketones is 2. The molecule has 1 heterocycles. The lowest BCUT2D eigenvalue weighted by atomic mass is 9.69. The Morgan fingerprint density at radius 1 is 0.926 bits per heavy atom. The van der Waals surface area contributed by atoms with E-state index in [0.717, 1.165) is 41.1 Å². The van der Waals surface area contributed by atoms with E-state index in [2.05, 4.69) is 0 Å². The van der Waals surface area contributed by atoms with Crippen molar-refractivity contribution in [1.29, 1.82) is 0 Å². The molecule has 27 heavy (non-hydrogen) atoms. The molecule has 5 rings (SSSR count). The van der Waals surface area contributed by atoms with Crippen LogP contribution in [0.25, 0.3) is 5.70 Å². The van der Waals surface area contributed by atoms with Crippen molar-refractivity contribution in [3.8, 4) is 5.75 Å². The minimum Gasteiger partial charge on any atom is -0.497 e. The molecule has 134 valence electrons. The Balaban J connectivity index is 1.72. The molecule has 0 N–H and O–H groups in total. The van der Waals surface area contributed by atoms with Gasteiger partial charge < -0.3 is 4.74 Å². The minimum absolute atomic E-state index is 0.00240. The minimum atomic E-state index is -0.329. The van der Waals surface area contributed by atoms with Crippen molar-refractivity contribution in [3.05, 3.63) is 70.8 Å². The van der Waals surface area contributed by atoms with Gasteiger partial charge in [0, 0.05) is 34.8 Å². The third-order valence-electron chi connectivity index (χ3n) is 5.86. The number of Topliss-reactive ketones (excluding diaryl/α,β-unsaturated/α-hetero) is 2. The van der Waals surface area contributed by atoms with E-state index >= 15 is 0 Å². The number of fused-ring (bicyclic) bond motifs is 3. The molecule has 0 amide bonds. The predicted molar refractivity (Wildman–Crippen MR) is 103 cm³/mol. The molecule has 0 radical (unpaired) electrons. The van der Waals surface area contributed by atoms with Crippen LogP contribution in [-0.2, 0) is 4.79 Å². The van der Waals surface area contributed by atoms with Crippen molar-refractivity contribution in [3.63, 3.8) is 0 Å². The number of allylic oxidation sites excluding steroid dienone is 1. The Morgan fingerprint density at radius 3 is 2.41 bits per heavy atom. The van der Waals surface area contributed by atoms with Gasteiger partial charge in [0.05, 0.1) is 18.7 Å². The molecule has 2 aromatic carbocycles. The number of carbonyl (C=O) groups is 2. The topological polar surface area (TPSA) is 55.7 Å². The van der Waals surface area contributed by atoms with Crippen LogP contribution < -0.4 is 4.74 Å². The molecule has 1 fully saturated rings. The van der Waals surface area contributed by atoms with Gasteiger partial charge in [0.2, 0.25) is 0 Å². The quantitative estimate of drug-likeness (QED) is 0.809. The predicted octanol–water partition coefficient (Wildman–Crippen LogP) is 4.21. The van der Waals surface area contributed by atoms with Crippen LogP contribution in [-0.4, -0.2) is 24.4 Å². The summed E-state index contributed by atoms with van der Waals surface area (Å²) in [5.41, 5.74) is 4.91. The van der Waals surface area contributed by atoms with Crippen molar-refractivity contribution in [2.75, 3.05) is 7.11 Å². The smallest absolute Gasteiger partial charge is 0.192 e. The number of benzene rings is 2. The maximum absolute atomic E-state index is 13.3. The zero-order valence-corrected chi connectivity index (χ0v) is 15.1. The first kappa shape index (κ1) is 16.2. The molecule has 1 saturated carbocycles. The van der Waals surface area contributed by atoms with E-state index in [1.54, 1.807) is 7.11 Å². The maximum atomic E-state index is 13.3. The first-order valence-electron chi connectivity index (χ1n) is 9.31. The molecule has 4 heteroatoms. The largest absolute Gasteiger partial charge is 0.497 e. The van der Waals surface area contributed by atoms with Crippen LogP contribution in [0, 0.1) is 5.92 Å². The normalized spacial score (nSPS) is 23.5. The molecule has 0 spiro atoms. The Kier molecular flexibility index (Phi) is 3.61. The summed E-state index contributed by atoms with van der Waals surface area (Å²) in [5, 5.41) is 0. The number of hydrogen-bond donors (Lipinski definition) is 0. The van der Waals surface area contributed by atoms with Gasteiger partial charge in [-0.1, -0.05) is 36.4 Å². The fourth-order valence-electron chi connectivity index (χ4n) is 4.62. The third-order valence-corrected chi connectivity index (χ3v) is 5.86. The van der Waals surface area contributed by atoms with Crippen molar-refractivity contribution in [2.24, 2.45) is 10.9 Å². The van der Waals surface area contributed by atoms with Gasteiger partial charge in [0.1, 0.15) is 11.5 Å². The van der Waals surface area contributed by atoms with E-state index in [1.165, 1.54) is 0 Å². The van der Waals surface area contributed by atoms with E-state index in [9.17, 15) is 9.59 Å². The van der Waals surface area contributed by atoms with Crippen molar-refractivity contribution in [1.82, 2.24) is 0 Å². The second-order valence-electron chi connectivity index (χ2n) is 7.29. The lowest BCUT2D eigenvalue weighted by Crippen LogP contribution is -2.37. The maximum Gasteiger partial charge on any atom is 0.192 e. The molecule has 1 aliphatic heterocycles. The van der Waals surface area contributed by atoms with Crippen LogP contribution in [0.15, 0.2) is 59.1 Å². The van der Waals surface area contributed by atoms with Crippen LogP contribution in [0.2, 0.25) is 0 Å². The first-order valence-corrected chi connectivity index (χ1v) is 9.31. The summed E-state index contributed by atoms with van der Waals surface area (Å²) >= 11 is 0. The molecule has 4 nitrogen and oxygen atoms in total. The summed E-state index contributed by atoms with van der Waals surface area (Å²) in [5.74, 6) is 0.350. The highest BCUT2D eigenvalue weighted by Gasteiger charge is 2.46. The van der Waals surface area contributed by atoms with E-state index < -0.39 is 0 Å². The SMILES string of the molecule is COc1ccc([C@H]2C3=C(N=C4CCCC(=O)C42)c2ccccc2C3=O)cc1. The molecule has 3 aliphatic rings. The molecule has 0 saturated heterocycles. The first-order chi connectivity index (χ1) is 13.2. The summed E-state index contributed by atoms with van der Waals surface area (Å²) < 4.78 is 5.27. The fraction of sp³-hybridized carbons (Fsp3) is 0.261. The highest BCUT2D eigenvalue weighted by Crippen LogP contribution is 2.49. The number of methoxy groups -OCH3 is 1. The summed E-state index contributed by atoms with van der Waals surface area (Å²) in [4.78, 5) is 31.0. The van der Waals surface area contributed by atoms with Gasteiger partial charge in [-0.25, -0.2) is 0 Å². The second kappa shape index (κ2) is 6.02. The standard InChI is InChI=1S/C23H19NO3/c1-27-14-11-9-13(10-12-14)19-20-17(7-4-8-18(20)25)24-22-15-5-2-3-6-16(15)23(26)21(19)22/h2-3,5-6,9-12,19-20H,4,7-8H2,1H3/t19-,20?/m1/s1. The molecular weight excluding hydrogens is 338 g/mol. The average molecular weight is 357 g/mol. The van der Waals surface area contributed by atoms with Crippen LogP contribution in [0.4, 0.5) is 0 Å². The van der Waals surface area contributed by atoms with Gasteiger partial charge in [-0.3, -0.25) is 14.6 Å². The van der Waals surface area contributed by atoms with Gasteiger partial charge in [0.25, 0.3) is 0 Å². The monoisotopic (exact) mass is 357 g/mol. The van der Waals surface area contributed by atoms with E-state index in [1.807, 2.05) is 48.5 Å². The van der Waals surface area contributed by atoms with Crippen LogP contribution in [0.1, 0.15) is 46.7 Å². The molecule has 2 aliphatic carbocycles. The Hall–Kier alpha value is -3.01. The van der Waals surface area contributed by atoms with Gasteiger partial charge in [0.15, 0.2) is 5.78 Å². The summed E-state index contributed by atoms with van der Waals surface area (Å²) in [6, 6.07) is 15.3. The summed E-state index contributed by atoms with van der Waals surface area (Å²) in [6.07, 6.45) is 2.21. The zero-order chi connectivity index (χ0) is 18.5. The molecular formula is C23H19NO3. The number of carbonyl (C=O) groups excluding carboxylic acids is 2. The number of ether oxygens (including phenoxy) is 1. The average Bonchev–Trinajstić information content (AvgIpc) is 2.99. The van der Waals surface area contributed by atoms with Crippen LogP contribution in [0.3, 0.4) is 0 Å². The molecule has 0 aromatic heterocycles. The van der Waals surface area contributed by atoms with Crippen molar-refractivity contribution < 1.29 is 14.3 Å².